The van der Waals surface area contributed by atoms with Gasteiger partial charge in [-0.2, -0.15) is 13.2 Å². The Balaban J connectivity index is 1.90. The number of hydrogen-bond donors (Lipinski definition) is 1. The number of rotatable bonds is 5. The predicted molar refractivity (Wildman–Crippen MR) is 101 cm³/mol. The number of aromatic nitrogens is 2. The first-order valence-electron chi connectivity index (χ1n) is 7.87. The van der Waals surface area contributed by atoms with Crippen LogP contribution in [-0.4, -0.2) is 24.2 Å². The van der Waals surface area contributed by atoms with E-state index < -0.39 is 11.7 Å². The summed E-state index contributed by atoms with van der Waals surface area (Å²) in [6.45, 7) is 0. The Morgan fingerprint density at radius 1 is 1.14 bits per heavy atom. The van der Waals surface area contributed by atoms with Gasteiger partial charge in [-0.3, -0.25) is 4.79 Å². The minimum Gasteiger partial charge on any atom is -0.493 e. The molecule has 0 aliphatic heterocycles. The Bertz CT molecular complexity index is 1090. The van der Waals surface area contributed by atoms with Crippen molar-refractivity contribution in [3.8, 4) is 11.5 Å². The molecule has 10 heteroatoms. The maximum absolute atomic E-state index is 13.0. The summed E-state index contributed by atoms with van der Waals surface area (Å²) in [6.07, 6.45) is -4.54. The van der Waals surface area contributed by atoms with Gasteiger partial charge in [-0.15, -0.1) is 11.8 Å². The van der Waals surface area contributed by atoms with Crippen molar-refractivity contribution in [2.75, 3.05) is 14.2 Å². The summed E-state index contributed by atoms with van der Waals surface area (Å²) < 4.78 is 49.3. The van der Waals surface area contributed by atoms with Crippen LogP contribution in [0.25, 0.3) is 10.9 Å². The van der Waals surface area contributed by atoms with Crippen LogP contribution in [0.15, 0.2) is 40.0 Å². The third-order valence-electron chi connectivity index (χ3n) is 3.88. The van der Waals surface area contributed by atoms with Gasteiger partial charge in [0.15, 0.2) is 11.5 Å². The Morgan fingerprint density at radius 2 is 1.82 bits per heavy atom. The zero-order chi connectivity index (χ0) is 20.5. The molecular weight excluding hydrogens is 417 g/mol. The quantitative estimate of drug-likeness (QED) is 0.583. The van der Waals surface area contributed by atoms with Crippen molar-refractivity contribution in [1.82, 2.24) is 9.97 Å². The number of ether oxygens (including phenoxy) is 2. The van der Waals surface area contributed by atoms with Crippen molar-refractivity contribution >= 4 is 34.3 Å². The Hall–Kier alpha value is -2.39. The van der Waals surface area contributed by atoms with E-state index in [1.54, 1.807) is 6.07 Å². The molecule has 1 heterocycles. The van der Waals surface area contributed by atoms with Crippen molar-refractivity contribution < 1.29 is 22.6 Å². The molecule has 5 nitrogen and oxygen atoms in total. The Labute approximate surface area is 166 Å². The van der Waals surface area contributed by atoms with Crippen LogP contribution >= 0.6 is 23.4 Å². The molecule has 0 bridgehead atoms. The molecule has 2 aromatic carbocycles. The smallest absolute Gasteiger partial charge is 0.417 e. The summed E-state index contributed by atoms with van der Waals surface area (Å²) in [5.41, 5.74) is -0.895. The molecule has 0 fully saturated rings. The van der Waals surface area contributed by atoms with Crippen LogP contribution in [0.4, 0.5) is 13.2 Å². The fourth-order valence-corrected chi connectivity index (χ4v) is 3.58. The lowest BCUT2D eigenvalue weighted by Gasteiger charge is -2.11. The fourth-order valence-electron chi connectivity index (χ4n) is 2.55. The Kier molecular flexibility index (Phi) is 5.76. The molecule has 0 radical (unpaired) electrons. The lowest BCUT2D eigenvalue weighted by molar-refractivity contribution is -0.137. The van der Waals surface area contributed by atoms with Gasteiger partial charge in [-0.05, 0) is 24.3 Å². The highest BCUT2D eigenvalue weighted by Crippen LogP contribution is 2.37. The SMILES string of the molecule is COc1cc2nc(CSc3ccc(Cl)c(C(F)(F)F)c3)[nH]c(=O)c2cc1OC. The molecule has 0 saturated heterocycles. The second-order valence-electron chi connectivity index (χ2n) is 5.67. The molecule has 3 rings (SSSR count). The maximum Gasteiger partial charge on any atom is 0.417 e. The number of H-pyrrole nitrogens is 1. The number of methoxy groups -OCH3 is 2. The van der Waals surface area contributed by atoms with E-state index >= 15 is 0 Å². The lowest BCUT2D eigenvalue weighted by Crippen LogP contribution is -2.11. The summed E-state index contributed by atoms with van der Waals surface area (Å²) >= 11 is 6.73. The molecule has 0 amide bonds. The molecule has 1 aromatic heterocycles. The number of nitrogens with zero attached hydrogens (tertiary/aromatic N) is 1. The van der Waals surface area contributed by atoms with Crippen molar-refractivity contribution in [2.24, 2.45) is 0 Å². The van der Waals surface area contributed by atoms with Crippen molar-refractivity contribution in [1.29, 1.82) is 0 Å². The van der Waals surface area contributed by atoms with Gasteiger partial charge >= 0.3 is 6.18 Å². The molecule has 0 atom stereocenters. The first-order chi connectivity index (χ1) is 13.2. The second-order valence-corrected chi connectivity index (χ2v) is 7.12. The van der Waals surface area contributed by atoms with Crippen LogP contribution in [0.3, 0.4) is 0 Å². The third-order valence-corrected chi connectivity index (χ3v) is 5.21. The summed E-state index contributed by atoms with van der Waals surface area (Å²) in [7, 11) is 2.92. The topological polar surface area (TPSA) is 64.2 Å². The average molecular weight is 431 g/mol. The summed E-state index contributed by atoms with van der Waals surface area (Å²) in [5, 5.41) is -0.0487. The molecule has 0 aliphatic carbocycles. The third kappa shape index (κ3) is 4.20. The number of benzene rings is 2. The minimum absolute atomic E-state index is 0.165. The largest absolute Gasteiger partial charge is 0.493 e. The van der Waals surface area contributed by atoms with Gasteiger partial charge in [-0.1, -0.05) is 11.6 Å². The number of aromatic amines is 1. The standard InChI is InChI=1S/C18H14ClF3N2O3S/c1-26-14-6-10-13(7-15(14)27-2)23-16(24-17(10)25)8-28-9-3-4-12(19)11(5-9)18(20,21)22/h3-7H,8H2,1-2H3,(H,23,24,25). The lowest BCUT2D eigenvalue weighted by atomic mass is 10.2. The molecule has 0 spiro atoms. The highest BCUT2D eigenvalue weighted by Gasteiger charge is 2.33. The molecule has 0 aliphatic rings. The molecule has 3 aromatic rings. The molecule has 148 valence electrons. The van der Waals surface area contributed by atoms with Gasteiger partial charge in [0.2, 0.25) is 0 Å². The number of alkyl halides is 3. The summed E-state index contributed by atoms with van der Waals surface area (Å²) in [4.78, 5) is 19.7. The van der Waals surface area contributed by atoms with E-state index in [9.17, 15) is 18.0 Å². The molecule has 28 heavy (non-hydrogen) atoms. The van der Waals surface area contributed by atoms with Gasteiger partial charge < -0.3 is 14.5 Å². The second kappa shape index (κ2) is 7.92. The molecule has 1 N–H and O–H groups in total. The normalized spacial score (nSPS) is 11.6. The predicted octanol–water partition coefficient (Wildman–Crippen LogP) is 4.90. The van der Waals surface area contributed by atoms with Crippen LogP contribution in [-0.2, 0) is 11.9 Å². The van der Waals surface area contributed by atoms with Gasteiger partial charge in [0, 0.05) is 11.0 Å². The Morgan fingerprint density at radius 3 is 2.46 bits per heavy atom. The maximum atomic E-state index is 13.0. The van der Waals surface area contributed by atoms with Crippen LogP contribution in [0.2, 0.25) is 5.02 Å². The van der Waals surface area contributed by atoms with Gasteiger partial charge in [0.05, 0.1) is 41.5 Å². The highest BCUT2D eigenvalue weighted by molar-refractivity contribution is 7.98. The summed E-state index contributed by atoms with van der Waals surface area (Å²) in [5.74, 6) is 1.29. The van der Waals surface area contributed by atoms with Gasteiger partial charge in [0.25, 0.3) is 5.56 Å². The number of thioether (sulfide) groups is 1. The van der Waals surface area contributed by atoms with Crippen LogP contribution in [0.5, 0.6) is 11.5 Å². The fraction of sp³-hybridized carbons (Fsp3) is 0.222. The van der Waals surface area contributed by atoms with E-state index in [2.05, 4.69) is 9.97 Å². The number of halogens is 4. The highest BCUT2D eigenvalue weighted by atomic mass is 35.5. The van der Waals surface area contributed by atoms with E-state index in [4.69, 9.17) is 21.1 Å². The van der Waals surface area contributed by atoms with E-state index in [0.29, 0.717) is 33.1 Å². The number of fused-ring (bicyclic) bond motifs is 1. The minimum atomic E-state index is -4.54. The van der Waals surface area contributed by atoms with Crippen LogP contribution in [0, 0.1) is 0 Å². The molecular formula is C18H14ClF3N2O3S. The molecule has 0 saturated carbocycles. The zero-order valence-corrected chi connectivity index (χ0v) is 16.3. The van der Waals surface area contributed by atoms with Crippen molar-refractivity contribution in [3.63, 3.8) is 0 Å². The van der Waals surface area contributed by atoms with E-state index in [-0.39, 0.29) is 16.3 Å². The van der Waals surface area contributed by atoms with Gasteiger partial charge in [0.1, 0.15) is 5.82 Å². The van der Waals surface area contributed by atoms with Crippen LogP contribution < -0.4 is 15.0 Å². The number of hydrogen-bond acceptors (Lipinski definition) is 5. The molecule has 0 unspecified atom stereocenters. The first-order valence-corrected chi connectivity index (χ1v) is 9.23. The van der Waals surface area contributed by atoms with E-state index in [1.807, 2.05) is 0 Å². The van der Waals surface area contributed by atoms with Crippen molar-refractivity contribution in [2.45, 2.75) is 16.8 Å². The van der Waals surface area contributed by atoms with Crippen LogP contribution in [0.1, 0.15) is 11.4 Å². The zero-order valence-electron chi connectivity index (χ0n) is 14.7. The average Bonchev–Trinajstić information content (AvgIpc) is 2.65. The summed E-state index contributed by atoms with van der Waals surface area (Å²) in [6, 6.07) is 6.74. The van der Waals surface area contributed by atoms with Crippen molar-refractivity contribution in [3.05, 3.63) is 57.1 Å². The number of nitrogens with one attached hydrogen (secondary N) is 1. The monoisotopic (exact) mass is 430 g/mol. The van der Waals surface area contributed by atoms with E-state index in [0.717, 1.165) is 17.8 Å². The van der Waals surface area contributed by atoms with Gasteiger partial charge in [-0.25, -0.2) is 4.98 Å². The first kappa shape index (κ1) is 20.3. The van der Waals surface area contributed by atoms with E-state index in [1.165, 1.54) is 32.4 Å².